The van der Waals surface area contributed by atoms with Gasteiger partial charge in [0.25, 0.3) is 5.91 Å². The van der Waals surface area contributed by atoms with Crippen LogP contribution in [0.4, 0.5) is 0 Å². The number of ether oxygens (including phenoxy) is 2. The third-order valence-electron chi connectivity index (χ3n) is 4.85. The molecule has 2 N–H and O–H groups in total. The second-order valence-electron chi connectivity index (χ2n) is 7.61. The van der Waals surface area contributed by atoms with E-state index in [1.807, 2.05) is 37.3 Å². The molecule has 3 rings (SSSR count). The van der Waals surface area contributed by atoms with Gasteiger partial charge < -0.3 is 14.8 Å². The number of hydrogen-bond acceptors (Lipinski definition) is 5. The van der Waals surface area contributed by atoms with E-state index in [-0.39, 0.29) is 29.8 Å². The molecule has 0 fully saturated rings. The zero-order valence-electron chi connectivity index (χ0n) is 19.7. The molecule has 0 aliphatic carbocycles. The van der Waals surface area contributed by atoms with Crippen LogP contribution in [0.3, 0.4) is 0 Å². The van der Waals surface area contributed by atoms with Crippen LogP contribution in [-0.2, 0) is 11.4 Å². The Kier molecular flexibility index (Phi) is 11.3. The highest BCUT2D eigenvalue weighted by Gasteiger charge is 2.13. The molecule has 2 amide bonds. The Bertz CT molecular complexity index is 1290. The molecule has 0 heterocycles. The fourth-order valence-corrected chi connectivity index (χ4v) is 4.20. The van der Waals surface area contributed by atoms with Crippen LogP contribution in [0.1, 0.15) is 34.8 Å². The zero-order chi connectivity index (χ0) is 26.8. The summed E-state index contributed by atoms with van der Waals surface area (Å²) in [6.07, 6.45) is 1.54. The van der Waals surface area contributed by atoms with E-state index >= 15 is 0 Å². The lowest BCUT2D eigenvalue weighted by Crippen LogP contribution is -2.29. The van der Waals surface area contributed by atoms with Crippen molar-refractivity contribution in [2.75, 3.05) is 13.2 Å². The van der Waals surface area contributed by atoms with Crippen LogP contribution in [0.15, 0.2) is 68.6 Å². The van der Waals surface area contributed by atoms with Gasteiger partial charge in [0.15, 0.2) is 11.5 Å². The summed E-state index contributed by atoms with van der Waals surface area (Å²) < 4.78 is 13.4. The summed E-state index contributed by atoms with van der Waals surface area (Å²) in [5.41, 5.74) is 4.51. The van der Waals surface area contributed by atoms with Gasteiger partial charge in [-0.3, -0.25) is 9.59 Å². The predicted molar refractivity (Wildman–Crippen MR) is 153 cm³/mol. The molecule has 11 heteroatoms. The number of nitrogens with zero attached hydrogens (tertiary/aromatic N) is 1. The van der Waals surface area contributed by atoms with Crippen LogP contribution in [0, 0.1) is 0 Å². The van der Waals surface area contributed by atoms with E-state index in [1.165, 1.54) is 18.3 Å². The molecule has 3 aromatic rings. The SMILES string of the molecule is CCOc1cc(C=NNC(=O)CCNC(=O)c2ccc(Cl)c(Cl)c2)cc(Br)c1OCc1ccc(Br)cc1. The maximum absolute atomic E-state index is 12.2. The lowest BCUT2D eigenvalue weighted by Gasteiger charge is -2.14. The van der Waals surface area contributed by atoms with Gasteiger partial charge in [-0.15, -0.1) is 0 Å². The number of nitrogens with one attached hydrogen (secondary N) is 2. The number of carbonyl (C=O) groups excluding carboxylic acids is 2. The first-order chi connectivity index (χ1) is 17.8. The molecule has 0 saturated carbocycles. The predicted octanol–water partition coefficient (Wildman–Crippen LogP) is 6.77. The van der Waals surface area contributed by atoms with E-state index in [1.54, 1.807) is 12.1 Å². The second-order valence-corrected chi connectivity index (χ2v) is 10.2. The lowest BCUT2D eigenvalue weighted by molar-refractivity contribution is -0.120. The first-order valence-corrected chi connectivity index (χ1v) is 13.5. The topological polar surface area (TPSA) is 89.0 Å². The standard InChI is InChI=1S/C26H23Br2Cl2N3O4/c1-2-36-23-12-17(11-20(28)25(23)37-15-16-3-6-19(27)7-4-16)14-32-33-24(34)9-10-31-26(35)18-5-8-21(29)22(30)13-18/h3-8,11-14H,2,9-10,15H2,1H3,(H,31,35)(H,33,34). The summed E-state index contributed by atoms with van der Waals surface area (Å²) in [5, 5.41) is 7.30. The van der Waals surface area contributed by atoms with Crippen molar-refractivity contribution in [2.45, 2.75) is 20.0 Å². The average Bonchev–Trinajstić information content (AvgIpc) is 2.86. The summed E-state index contributed by atoms with van der Waals surface area (Å²) in [5.74, 6) is 0.408. The molecular formula is C26H23Br2Cl2N3O4. The Labute approximate surface area is 241 Å². The minimum Gasteiger partial charge on any atom is -0.490 e. The fraction of sp³-hybridized carbons (Fsp3) is 0.192. The molecule has 0 aliphatic heterocycles. The molecule has 0 aliphatic rings. The molecule has 3 aromatic carbocycles. The van der Waals surface area contributed by atoms with Crippen LogP contribution in [0.5, 0.6) is 11.5 Å². The highest BCUT2D eigenvalue weighted by atomic mass is 79.9. The Morgan fingerprint density at radius 1 is 1.00 bits per heavy atom. The normalized spacial score (nSPS) is 10.8. The maximum atomic E-state index is 12.2. The largest absolute Gasteiger partial charge is 0.490 e. The van der Waals surface area contributed by atoms with Crippen LogP contribution in [0.2, 0.25) is 10.0 Å². The number of hydrazone groups is 1. The molecule has 0 atom stereocenters. The van der Waals surface area contributed by atoms with Crippen molar-refractivity contribution in [2.24, 2.45) is 5.10 Å². The summed E-state index contributed by atoms with van der Waals surface area (Å²) in [4.78, 5) is 24.3. The van der Waals surface area contributed by atoms with Gasteiger partial charge in [-0.2, -0.15) is 5.10 Å². The van der Waals surface area contributed by atoms with Crippen LogP contribution < -0.4 is 20.2 Å². The van der Waals surface area contributed by atoms with Crippen molar-refractivity contribution >= 4 is 73.1 Å². The summed E-state index contributed by atoms with van der Waals surface area (Å²) >= 11 is 18.7. The molecular weight excluding hydrogens is 649 g/mol. The molecule has 0 saturated heterocycles. The quantitative estimate of drug-likeness (QED) is 0.174. The second kappa shape index (κ2) is 14.4. The van der Waals surface area contributed by atoms with Crippen molar-refractivity contribution in [3.63, 3.8) is 0 Å². The van der Waals surface area contributed by atoms with Crippen LogP contribution in [-0.4, -0.2) is 31.2 Å². The van der Waals surface area contributed by atoms with Gasteiger partial charge >= 0.3 is 0 Å². The Morgan fingerprint density at radius 2 is 1.76 bits per heavy atom. The summed E-state index contributed by atoms with van der Waals surface area (Å²) in [6, 6.07) is 16.0. The number of rotatable bonds is 11. The highest BCUT2D eigenvalue weighted by Crippen LogP contribution is 2.37. The van der Waals surface area contributed by atoms with Gasteiger partial charge in [0, 0.05) is 23.0 Å². The van der Waals surface area contributed by atoms with Crippen molar-refractivity contribution < 1.29 is 19.1 Å². The molecule has 0 aromatic heterocycles. The number of amides is 2. The van der Waals surface area contributed by atoms with E-state index in [0.29, 0.717) is 45.3 Å². The number of hydrogen-bond donors (Lipinski definition) is 2. The Morgan fingerprint density at radius 3 is 2.46 bits per heavy atom. The minimum absolute atomic E-state index is 0.0428. The number of benzene rings is 3. The van der Waals surface area contributed by atoms with E-state index in [9.17, 15) is 9.59 Å². The van der Waals surface area contributed by atoms with E-state index in [0.717, 1.165) is 10.0 Å². The molecule has 0 bridgehead atoms. The van der Waals surface area contributed by atoms with Crippen molar-refractivity contribution in [3.05, 3.63) is 90.3 Å². The molecule has 37 heavy (non-hydrogen) atoms. The smallest absolute Gasteiger partial charge is 0.251 e. The summed E-state index contributed by atoms with van der Waals surface area (Å²) in [7, 11) is 0. The van der Waals surface area contributed by atoms with Gasteiger partial charge in [-0.1, -0.05) is 51.3 Å². The molecule has 0 radical (unpaired) electrons. The van der Waals surface area contributed by atoms with Crippen LogP contribution >= 0.6 is 55.1 Å². The van der Waals surface area contributed by atoms with Gasteiger partial charge in [0.05, 0.1) is 27.3 Å². The minimum atomic E-state index is -0.357. The first kappa shape index (κ1) is 29.0. The average molecular weight is 672 g/mol. The van der Waals surface area contributed by atoms with Crippen LogP contribution in [0.25, 0.3) is 0 Å². The maximum Gasteiger partial charge on any atom is 0.251 e. The zero-order valence-corrected chi connectivity index (χ0v) is 24.4. The van der Waals surface area contributed by atoms with Crippen molar-refractivity contribution in [3.8, 4) is 11.5 Å². The Hall–Kier alpha value is -2.59. The monoisotopic (exact) mass is 669 g/mol. The fourth-order valence-electron chi connectivity index (χ4n) is 3.07. The number of halogens is 4. The molecule has 0 unspecified atom stereocenters. The van der Waals surface area contributed by atoms with Gasteiger partial charge in [0.1, 0.15) is 6.61 Å². The van der Waals surface area contributed by atoms with E-state index in [2.05, 4.69) is 47.7 Å². The third-order valence-corrected chi connectivity index (χ3v) is 6.71. The summed E-state index contributed by atoms with van der Waals surface area (Å²) in [6.45, 7) is 2.84. The molecule has 7 nitrogen and oxygen atoms in total. The van der Waals surface area contributed by atoms with Gasteiger partial charge in [0.2, 0.25) is 5.91 Å². The van der Waals surface area contributed by atoms with Crippen molar-refractivity contribution in [1.29, 1.82) is 0 Å². The van der Waals surface area contributed by atoms with Crippen molar-refractivity contribution in [1.82, 2.24) is 10.7 Å². The molecule has 194 valence electrons. The first-order valence-electron chi connectivity index (χ1n) is 11.2. The Balaban J connectivity index is 1.53. The molecule has 0 spiro atoms. The highest BCUT2D eigenvalue weighted by molar-refractivity contribution is 9.10. The third kappa shape index (κ3) is 9.03. The van der Waals surface area contributed by atoms with Gasteiger partial charge in [-0.25, -0.2) is 5.43 Å². The van der Waals surface area contributed by atoms with E-state index in [4.69, 9.17) is 32.7 Å². The number of carbonyl (C=O) groups is 2. The van der Waals surface area contributed by atoms with E-state index < -0.39 is 0 Å². The van der Waals surface area contributed by atoms with Gasteiger partial charge in [-0.05, 0) is 76.4 Å². The lowest BCUT2D eigenvalue weighted by atomic mass is 10.2.